The fourth-order valence-corrected chi connectivity index (χ4v) is 4.07. The monoisotopic (exact) mass is 429 g/mol. The second-order valence-corrected chi connectivity index (χ2v) is 8.26. The van der Waals surface area contributed by atoms with Crippen LogP contribution in [0.5, 0.6) is 5.75 Å². The van der Waals surface area contributed by atoms with E-state index in [1.165, 1.54) is 6.42 Å². The molecule has 0 atom stereocenters. The van der Waals surface area contributed by atoms with Crippen molar-refractivity contribution in [2.24, 2.45) is 11.0 Å². The van der Waals surface area contributed by atoms with Gasteiger partial charge in [-0.05, 0) is 60.4 Å². The van der Waals surface area contributed by atoms with E-state index in [9.17, 15) is 14.7 Å². The number of nitrogens with one attached hydrogen (secondary N) is 2. The number of phenolic OH excluding ortho intramolecular Hbond substituents is 1. The number of phenols is 1. The van der Waals surface area contributed by atoms with Gasteiger partial charge in [0.05, 0.1) is 11.3 Å². The number of carbonyl (C=O) groups excluding carboxylic acids is 2. The van der Waals surface area contributed by atoms with Crippen molar-refractivity contribution in [1.82, 2.24) is 5.43 Å². The third kappa shape index (κ3) is 4.97. The zero-order valence-corrected chi connectivity index (χ0v) is 18.1. The van der Waals surface area contributed by atoms with Crippen LogP contribution in [0.3, 0.4) is 0 Å². The van der Waals surface area contributed by atoms with Crippen LogP contribution in [0.2, 0.25) is 0 Å². The zero-order valence-electron chi connectivity index (χ0n) is 18.1. The van der Waals surface area contributed by atoms with Crippen LogP contribution in [0.25, 0.3) is 10.8 Å². The molecule has 0 spiro atoms. The van der Waals surface area contributed by atoms with Crippen molar-refractivity contribution in [3.63, 3.8) is 0 Å². The van der Waals surface area contributed by atoms with Crippen molar-refractivity contribution in [1.29, 1.82) is 0 Å². The van der Waals surface area contributed by atoms with Crippen LogP contribution in [0.15, 0.2) is 65.8 Å². The molecule has 0 heterocycles. The number of carbonyl (C=O) groups is 2. The van der Waals surface area contributed by atoms with E-state index >= 15 is 0 Å². The van der Waals surface area contributed by atoms with Crippen LogP contribution in [-0.4, -0.2) is 22.6 Å². The minimum atomic E-state index is -0.482. The Morgan fingerprint density at radius 2 is 1.59 bits per heavy atom. The number of hydrogen-bond acceptors (Lipinski definition) is 4. The lowest BCUT2D eigenvalue weighted by molar-refractivity contribution is -0.120. The van der Waals surface area contributed by atoms with Crippen molar-refractivity contribution in [2.75, 3.05) is 5.32 Å². The normalized spacial score (nSPS) is 14.8. The highest BCUT2D eigenvalue weighted by molar-refractivity contribution is 6.04. The van der Waals surface area contributed by atoms with Gasteiger partial charge in [-0.1, -0.05) is 55.7 Å². The highest BCUT2D eigenvalue weighted by atomic mass is 16.3. The number of hydrazone groups is 1. The molecular weight excluding hydrogens is 402 g/mol. The van der Waals surface area contributed by atoms with Gasteiger partial charge in [0.1, 0.15) is 5.75 Å². The summed E-state index contributed by atoms with van der Waals surface area (Å²) in [7, 11) is 0. The van der Waals surface area contributed by atoms with Gasteiger partial charge in [-0.15, -0.1) is 0 Å². The Kier molecular flexibility index (Phi) is 6.50. The number of fused-ring (bicyclic) bond motifs is 1. The molecule has 1 fully saturated rings. The van der Waals surface area contributed by atoms with E-state index in [2.05, 4.69) is 15.8 Å². The smallest absolute Gasteiger partial charge is 0.275 e. The lowest BCUT2D eigenvalue weighted by atomic mass is 9.88. The van der Waals surface area contributed by atoms with Crippen LogP contribution in [0, 0.1) is 5.92 Å². The number of hydrogen-bond donors (Lipinski definition) is 3. The quantitative estimate of drug-likeness (QED) is 0.384. The molecule has 1 aliphatic carbocycles. The summed E-state index contributed by atoms with van der Waals surface area (Å²) < 4.78 is 0. The van der Waals surface area contributed by atoms with Crippen molar-refractivity contribution in [3.05, 3.63) is 71.8 Å². The van der Waals surface area contributed by atoms with Gasteiger partial charge >= 0.3 is 0 Å². The number of aromatic hydroxyl groups is 1. The van der Waals surface area contributed by atoms with Crippen LogP contribution >= 0.6 is 0 Å². The average Bonchev–Trinajstić information content (AvgIpc) is 2.83. The summed E-state index contributed by atoms with van der Waals surface area (Å²) in [5, 5.41) is 19.1. The third-order valence-electron chi connectivity index (χ3n) is 5.98. The molecule has 0 radical (unpaired) electrons. The Morgan fingerprint density at radius 3 is 2.28 bits per heavy atom. The topological polar surface area (TPSA) is 90.8 Å². The van der Waals surface area contributed by atoms with E-state index in [1.807, 2.05) is 48.5 Å². The molecular formula is C26H27N3O3. The van der Waals surface area contributed by atoms with E-state index in [1.54, 1.807) is 19.1 Å². The number of rotatable bonds is 5. The van der Waals surface area contributed by atoms with Gasteiger partial charge in [0.25, 0.3) is 5.91 Å². The zero-order chi connectivity index (χ0) is 22.5. The van der Waals surface area contributed by atoms with Gasteiger partial charge in [0.15, 0.2) is 0 Å². The standard InChI is InChI=1S/C26H27N3O3/c1-17(18-11-13-22(14-12-18)27-25(31)19-7-3-2-4-8-19)28-29-26(32)23-15-20-9-5-6-10-21(20)16-24(23)30/h5-6,9-16,19,30H,2-4,7-8H2,1H3,(H,27,31)(H,29,32)/b28-17+. The van der Waals surface area contributed by atoms with Gasteiger partial charge in [-0.2, -0.15) is 5.10 Å². The fraction of sp³-hybridized carbons (Fsp3) is 0.269. The predicted octanol–water partition coefficient (Wildman–Crippen LogP) is 5.22. The van der Waals surface area contributed by atoms with E-state index < -0.39 is 5.91 Å². The minimum Gasteiger partial charge on any atom is -0.507 e. The number of benzene rings is 3. The molecule has 6 nitrogen and oxygen atoms in total. The summed E-state index contributed by atoms with van der Waals surface area (Å²) in [5.41, 5.74) is 4.87. The summed E-state index contributed by atoms with van der Waals surface area (Å²) in [4.78, 5) is 24.9. The Labute approximate surface area is 187 Å². The van der Waals surface area contributed by atoms with E-state index in [-0.39, 0.29) is 23.1 Å². The molecule has 0 aromatic heterocycles. The molecule has 32 heavy (non-hydrogen) atoms. The van der Waals surface area contributed by atoms with Crippen LogP contribution < -0.4 is 10.7 Å². The predicted molar refractivity (Wildman–Crippen MR) is 127 cm³/mol. The Balaban J connectivity index is 1.40. The summed E-state index contributed by atoms with van der Waals surface area (Å²) in [6.07, 6.45) is 5.38. The first-order valence-corrected chi connectivity index (χ1v) is 11.0. The molecule has 164 valence electrons. The van der Waals surface area contributed by atoms with E-state index in [0.717, 1.165) is 47.7 Å². The molecule has 3 aromatic rings. The van der Waals surface area contributed by atoms with Crippen molar-refractivity contribution in [3.8, 4) is 5.75 Å². The summed E-state index contributed by atoms with van der Waals surface area (Å²) in [5.74, 6) is -0.380. The van der Waals surface area contributed by atoms with Gasteiger partial charge in [0, 0.05) is 11.6 Å². The first kappa shape index (κ1) is 21.6. The molecule has 1 aliphatic rings. The molecule has 6 heteroatoms. The van der Waals surface area contributed by atoms with Gasteiger partial charge < -0.3 is 10.4 Å². The van der Waals surface area contributed by atoms with Crippen LogP contribution in [-0.2, 0) is 4.79 Å². The van der Waals surface area contributed by atoms with Gasteiger partial charge in [0.2, 0.25) is 5.91 Å². The molecule has 4 rings (SSSR count). The third-order valence-corrected chi connectivity index (χ3v) is 5.98. The maximum absolute atomic E-state index is 12.5. The van der Waals surface area contributed by atoms with Crippen molar-refractivity contribution < 1.29 is 14.7 Å². The van der Waals surface area contributed by atoms with Crippen molar-refractivity contribution >= 4 is 34.0 Å². The maximum Gasteiger partial charge on any atom is 0.275 e. The molecule has 3 N–H and O–H groups in total. The maximum atomic E-state index is 12.5. The molecule has 1 saturated carbocycles. The van der Waals surface area contributed by atoms with Gasteiger partial charge in [-0.25, -0.2) is 5.43 Å². The van der Waals surface area contributed by atoms with E-state index in [0.29, 0.717) is 5.71 Å². The first-order valence-electron chi connectivity index (χ1n) is 11.0. The number of amides is 2. The summed E-state index contributed by atoms with van der Waals surface area (Å²) in [6, 6.07) is 18.1. The highest BCUT2D eigenvalue weighted by Gasteiger charge is 2.21. The highest BCUT2D eigenvalue weighted by Crippen LogP contribution is 2.26. The Hall–Kier alpha value is -3.67. The number of nitrogens with zero attached hydrogens (tertiary/aromatic N) is 1. The molecule has 2 amide bonds. The molecule has 0 saturated heterocycles. The molecule has 3 aromatic carbocycles. The van der Waals surface area contributed by atoms with Crippen LogP contribution in [0.4, 0.5) is 5.69 Å². The second-order valence-electron chi connectivity index (χ2n) is 8.26. The second kappa shape index (κ2) is 9.64. The largest absolute Gasteiger partial charge is 0.507 e. The van der Waals surface area contributed by atoms with E-state index in [4.69, 9.17) is 0 Å². The lowest BCUT2D eigenvalue weighted by Crippen LogP contribution is -2.24. The molecule has 0 bridgehead atoms. The Bertz CT molecular complexity index is 1160. The van der Waals surface area contributed by atoms with Crippen LogP contribution in [0.1, 0.15) is 54.9 Å². The molecule has 0 aliphatic heterocycles. The fourth-order valence-electron chi connectivity index (χ4n) is 4.07. The van der Waals surface area contributed by atoms with Crippen molar-refractivity contribution in [2.45, 2.75) is 39.0 Å². The molecule has 0 unspecified atom stereocenters. The lowest BCUT2D eigenvalue weighted by Gasteiger charge is -2.20. The average molecular weight is 430 g/mol. The summed E-state index contributed by atoms with van der Waals surface area (Å²) in [6.45, 7) is 1.79. The summed E-state index contributed by atoms with van der Waals surface area (Å²) >= 11 is 0. The SMILES string of the molecule is C/C(=N\NC(=O)c1cc2ccccc2cc1O)c1ccc(NC(=O)C2CCCCC2)cc1. The Morgan fingerprint density at radius 1 is 0.938 bits per heavy atom. The minimum absolute atomic E-state index is 0.0882. The first-order chi connectivity index (χ1) is 15.5. The van der Waals surface area contributed by atoms with Gasteiger partial charge in [-0.3, -0.25) is 9.59 Å². The number of anilines is 1.